The van der Waals surface area contributed by atoms with Crippen LogP contribution in [0.15, 0.2) is 36.8 Å². The van der Waals surface area contributed by atoms with Crippen molar-refractivity contribution in [3.05, 3.63) is 42.4 Å². The Bertz CT molecular complexity index is 557. The predicted molar refractivity (Wildman–Crippen MR) is 67.4 cm³/mol. The molecule has 18 heavy (non-hydrogen) atoms. The Labute approximate surface area is 104 Å². The van der Waals surface area contributed by atoms with E-state index in [1.807, 2.05) is 0 Å². The minimum atomic E-state index is -0.337. The van der Waals surface area contributed by atoms with Crippen LogP contribution in [0.5, 0.6) is 5.75 Å². The SMILES string of the molecule is COc1ccc(C(=O)Nc2cnccn2)c(N)c1. The molecule has 92 valence electrons. The fraction of sp³-hybridized carbons (Fsp3) is 0.0833. The standard InChI is InChI=1S/C12H12N4O2/c1-18-8-2-3-9(10(13)6-8)12(17)16-11-7-14-4-5-15-11/h2-7H,13H2,1H3,(H,15,16,17). The lowest BCUT2D eigenvalue weighted by molar-refractivity contribution is 0.102. The molecule has 0 unspecified atom stereocenters. The Morgan fingerprint density at radius 2 is 2.22 bits per heavy atom. The molecule has 3 N–H and O–H groups in total. The van der Waals surface area contributed by atoms with Crippen molar-refractivity contribution < 1.29 is 9.53 Å². The maximum absolute atomic E-state index is 11.9. The number of anilines is 2. The maximum atomic E-state index is 11.9. The average Bonchev–Trinajstić information content (AvgIpc) is 2.39. The maximum Gasteiger partial charge on any atom is 0.258 e. The number of amides is 1. The molecular formula is C12H12N4O2. The van der Waals surface area contributed by atoms with Crippen LogP contribution in [0.25, 0.3) is 0 Å². The van der Waals surface area contributed by atoms with Crippen LogP contribution in [0.2, 0.25) is 0 Å². The molecule has 0 spiro atoms. The molecule has 0 atom stereocenters. The highest BCUT2D eigenvalue weighted by atomic mass is 16.5. The summed E-state index contributed by atoms with van der Waals surface area (Å²) in [4.78, 5) is 19.7. The van der Waals surface area contributed by atoms with Gasteiger partial charge in [0.05, 0.1) is 18.9 Å². The first-order chi connectivity index (χ1) is 8.70. The second-order valence-electron chi connectivity index (χ2n) is 3.50. The zero-order valence-corrected chi connectivity index (χ0v) is 9.75. The molecule has 2 rings (SSSR count). The van der Waals surface area contributed by atoms with E-state index in [9.17, 15) is 4.79 Å². The zero-order valence-electron chi connectivity index (χ0n) is 9.75. The van der Waals surface area contributed by atoms with Gasteiger partial charge in [-0.05, 0) is 12.1 Å². The Hall–Kier alpha value is -2.63. The Morgan fingerprint density at radius 3 is 2.83 bits per heavy atom. The van der Waals surface area contributed by atoms with E-state index in [1.165, 1.54) is 25.7 Å². The first kappa shape index (κ1) is 11.8. The van der Waals surface area contributed by atoms with Crippen molar-refractivity contribution >= 4 is 17.4 Å². The Morgan fingerprint density at radius 1 is 1.39 bits per heavy atom. The van der Waals surface area contributed by atoms with Crippen LogP contribution < -0.4 is 15.8 Å². The van der Waals surface area contributed by atoms with Crippen LogP contribution in [0.3, 0.4) is 0 Å². The van der Waals surface area contributed by atoms with Crippen molar-refractivity contribution in [1.29, 1.82) is 0 Å². The molecular weight excluding hydrogens is 232 g/mol. The van der Waals surface area contributed by atoms with Crippen molar-refractivity contribution in [3.63, 3.8) is 0 Å². The fourth-order valence-corrected chi connectivity index (χ4v) is 1.42. The van der Waals surface area contributed by atoms with Crippen molar-refractivity contribution in [1.82, 2.24) is 9.97 Å². The van der Waals surface area contributed by atoms with Gasteiger partial charge >= 0.3 is 0 Å². The third-order valence-electron chi connectivity index (χ3n) is 2.31. The number of nitrogens with one attached hydrogen (secondary N) is 1. The molecule has 1 aromatic carbocycles. The van der Waals surface area contributed by atoms with Crippen LogP contribution in [0.4, 0.5) is 11.5 Å². The topological polar surface area (TPSA) is 90.1 Å². The van der Waals surface area contributed by atoms with Crippen LogP contribution in [0, 0.1) is 0 Å². The van der Waals surface area contributed by atoms with E-state index >= 15 is 0 Å². The van der Waals surface area contributed by atoms with Gasteiger partial charge in [-0.3, -0.25) is 9.78 Å². The quantitative estimate of drug-likeness (QED) is 0.795. The number of rotatable bonds is 3. The van der Waals surface area contributed by atoms with E-state index in [1.54, 1.807) is 18.2 Å². The van der Waals surface area contributed by atoms with E-state index in [0.717, 1.165) is 0 Å². The molecule has 1 heterocycles. The van der Waals surface area contributed by atoms with Gasteiger partial charge in [-0.1, -0.05) is 0 Å². The van der Waals surface area contributed by atoms with Crippen molar-refractivity contribution in [3.8, 4) is 5.75 Å². The number of carbonyl (C=O) groups is 1. The minimum Gasteiger partial charge on any atom is -0.497 e. The second-order valence-corrected chi connectivity index (χ2v) is 3.50. The summed E-state index contributed by atoms with van der Waals surface area (Å²) in [5.74, 6) is 0.636. The van der Waals surface area contributed by atoms with Gasteiger partial charge < -0.3 is 15.8 Å². The van der Waals surface area contributed by atoms with Gasteiger partial charge in [0.1, 0.15) is 5.75 Å². The molecule has 0 aliphatic heterocycles. The van der Waals surface area contributed by atoms with E-state index in [0.29, 0.717) is 22.8 Å². The highest BCUT2D eigenvalue weighted by Gasteiger charge is 2.11. The normalized spacial score (nSPS) is 9.83. The molecule has 1 aromatic heterocycles. The molecule has 0 saturated carbocycles. The number of hydrogen-bond acceptors (Lipinski definition) is 5. The summed E-state index contributed by atoms with van der Waals surface area (Å²) in [6.07, 6.45) is 4.47. The summed E-state index contributed by atoms with van der Waals surface area (Å²) in [5, 5.41) is 2.60. The number of benzene rings is 1. The van der Waals surface area contributed by atoms with Crippen molar-refractivity contribution in [2.75, 3.05) is 18.2 Å². The van der Waals surface area contributed by atoms with Gasteiger partial charge in [-0.15, -0.1) is 0 Å². The monoisotopic (exact) mass is 244 g/mol. The lowest BCUT2D eigenvalue weighted by Crippen LogP contribution is -2.15. The van der Waals surface area contributed by atoms with Crippen molar-refractivity contribution in [2.45, 2.75) is 0 Å². The molecule has 6 heteroatoms. The summed E-state index contributed by atoms with van der Waals surface area (Å²) in [6.45, 7) is 0. The van der Waals surface area contributed by atoms with Crippen LogP contribution in [-0.2, 0) is 0 Å². The molecule has 2 aromatic rings. The zero-order chi connectivity index (χ0) is 13.0. The summed E-state index contributed by atoms with van der Waals surface area (Å²) >= 11 is 0. The molecule has 0 bridgehead atoms. The van der Waals surface area contributed by atoms with Gasteiger partial charge in [0, 0.05) is 24.1 Å². The van der Waals surface area contributed by atoms with Crippen LogP contribution >= 0.6 is 0 Å². The van der Waals surface area contributed by atoms with Gasteiger partial charge in [0.15, 0.2) is 5.82 Å². The van der Waals surface area contributed by atoms with Gasteiger partial charge in [-0.2, -0.15) is 0 Å². The first-order valence-corrected chi connectivity index (χ1v) is 5.21. The number of ether oxygens (including phenoxy) is 1. The third-order valence-corrected chi connectivity index (χ3v) is 2.31. The number of methoxy groups -OCH3 is 1. The first-order valence-electron chi connectivity index (χ1n) is 5.21. The molecule has 0 aliphatic carbocycles. The lowest BCUT2D eigenvalue weighted by Gasteiger charge is -2.08. The Balaban J connectivity index is 2.19. The van der Waals surface area contributed by atoms with E-state index in [4.69, 9.17) is 10.5 Å². The number of nitrogens with two attached hydrogens (primary N) is 1. The van der Waals surface area contributed by atoms with Crippen LogP contribution in [-0.4, -0.2) is 23.0 Å². The number of carbonyl (C=O) groups excluding carboxylic acids is 1. The number of nitrogen functional groups attached to an aromatic ring is 1. The van der Waals surface area contributed by atoms with Crippen LogP contribution in [0.1, 0.15) is 10.4 Å². The highest BCUT2D eigenvalue weighted by molar-refractivity contribution is 6.07. The predicted octanol–water partition coefficient (Wildman–Crippen LogP) is 1.32. The summed E-state index contributed by atoms with van der Waals surface area (Å²) < 4.78 is 5.01. The largest absolute Gasteiger partial charge is 0.497 e. The van der Waals surface area contributed by atoms with Gasteiger partial charge in [0.25, 0.3) is 5.91 Å². The average molecular weight is 244 g/mol. The van der Waals surface area contributed by atoms with Crippen molar-refractivity contribution in [2.24, 2.45) is 0 Å². The summed E-state index contributed by atoms with van der Waals surface area (Å²) in [7, 11) is 1.54. The van der Waals surface area contributed by atoms with E-state index < -0.39 is 0 Å². The minimum absolute atomic E-state index is 0.337. The van der Waals surface area contributed by atoms with Gasteiger partial charge in [0.2, 0.25) is 0 Å². The number of hydrogen-bond donors (Lipinski definition) is 2. The van der Waals surface area contributed by atoms with E-state index in [-0.39, 0.29) is 5.91 Å². The molecule has 1 amide bonds. The summed E-state index contributed by atoms with van der Waals surface area (Å²) in [5.41, 5.74) is 6.48. The molecule has 0 fully saturated rings. The fourth-order valence-electron chi connectivity index (χ4n) is 1.42. The van der Waals surface area contributed by atoms with E-state index in [2.05, 4.69) is 15.3 Å². The lowest BCUT2D eigenvalue weighted by atomic mass is 10.1. The Kier molecular flexibility index (Phi) is 3.38. The summed E-state index contributed by atoms with van der Waals surface area (Å²) in [6, 6.07) is 4.85. The molecule has 0 aliphatic rings. The number of aromatic nitrogens is 2. The van der Waals surface area contributed by atoms with Gasteiger partial charge in [-0.25, -0.2) is 4.98 Å². The molecule has 0 saturated heterocycles. The molecule has 6 nitrogen and oxygen atoms in total. The smallest absolute Gasteiger partial charge is 0.258 e. The molecule has 0 radical (unpaired) electrons. The third kappa shape index (κ3) is 2.54. The highest BCUT2D eigenvalue weighted by Crippen LogP contribution is 2.20. The second kappa shape index (κ2) is 5.13. The number of nitrogens with zero attached hydrogens (tertiary/aromatic N) is 2.